The molecule has 1 aromatic rings. The molecule has 0 spiro atoms. The lowest BCUT2D eigenvalue weighted by Crippen LogP contribution is -2.27. The Kier molecular flexibility index (Phi) is 3.61. The number of hydrogen-bond donors (Lipinski definition) is 1. The van der Waals surface area contributed by atoms with Gasteiger partial charge in [0, 0.05) is 5.56 Å². The Morgan fingerprint density at radius 3 is 2.81 bits per heavy atom. The minimum absolute atomic E-state index is 0.178. The minimum atomic E-state index is -0.566. The molecular formula is C12H19NO3. The van der Waals surface area contributed by atoms with Crippen molar-refractivity contribution in [3.63, 3.8) is 0 Å². The Hall–Kier alpha value is -0.870. The molecule has 0 radical (unpaired) electrons. The summed E-state index contributed by atoms with van der Waals surface area (Å²) in [6.45, 7) is 3.90. The van der Waals surface area contributed by atoms with E-state index in [-0.39, 0.29) is 6.10 Å². The fourth-order valence-electron chi connectivity index (χ4n) is 2.25. The molecule has 1 aliphatic heterocycles. The van der Waals surface area contributed by atoms with Crippen molar-refractivity contribution >= 4 is 0 Å². The molecule has 16 heavy (non-hydrogen) atoms. The van der Waals surface area contributed by atoms with Crippen molar-refractivity contribution in [2.75, 3.05) is 0 Å². The van der Waals surface area contributed by atoms with Crippen molar-refractivity contribution in [1.29, 1.82) is 0 Å². The summed E-state index contributed by atoms with van der Waals surface area (Å²) in [6.07, 6.45) is 4.31. The van der Waals surface area contributed by atoms with Crippen LogP contribution in [0.25, 0.3) is 0 Å². The van der Waals surface area contributed by atoms with Gasteiger partial charge in [-0.3, -0.25) is 0 Å². The average molecular weight is 225 g/mol. The summed E-state index contributed by atoms with van der Waals surface area (Å²) < 4.78 is 10.6. The third-order valence-electron chi connectivity index (χ3n) is 3.22. The highest BCUT2D eigenvalue weighted by Crippen LogP contribution is 2.23. The van der Waals surface area contributed by atoms with E-state index < -0.39 is 6.29 Å². The molecule has 0 saturated carbocycles. The maximum Gasteiger partial charge on any atom is 0.154 e. The highest BCUT2D eigenvalue weighted by atomic mass is 16.6. The van der Waals surface area contributed by atoms with E-state index in [9.17, 15) is 5.11 Å². The normalized spacial score (nSPS) is 25.9. The first kappa shape index (κ1) is 11.6. The topological polar surface area (TPSA) is 55.5 Å². The summed E-state index contributed by atoms with van der Waals surface area (Å²) in [6, 6.07) is 0. The first-order valence-electron chi connectivity index (χ1n) is 5.92. The van der Waals surface area contributed by atoms with Crippen LogP contribution in [0.3, 0.4) is 0 Å². The monoisotopic (exact) mass is 225 g/mol. The molecule has 0 amide bonds. The zero-order chi connectivity index (χ0) is 11.5. The number of aliphatic hydroxyl groups excluding tert-OH is 1. The third kappa shape index (κ3) is 2.62. The van der Waals surface area contributed by atoms with E-state index in [0.29, 0.717) is 0 Å². The number of aryl methyl sites for hydroxylation is 2. The molecule has 2 atom stereocenters. The van der Waals surface area contributed by atoms with Crippen molar-refractivity contribution in [3.05, 3.63) is 17.0 Å². The van der Waals surface area contributed by atoms with Crippen LogP contribution < -0.4 is 0 Å². The predicted octanol–water partition coefficient (Wildman–Crippen LogP) is 2.11. The fourth-order valence-corrected chi connectivity index (χ4v) is 2.25. The zero-order valence-corrected chi connectivity index (χ0v) is 9.90. The summed E-state index contributed by atoms with van der Waals surface area (Å²) in [5.41, 5.74) is 2.15. The molecule has 4 nitrogen and oxygen atoms in total. The minimum Gasteiger partial charge on any atom is -0.368 e. The Bertz CT molecular complexity index is 329. The summed E-state index contributed by atoms with van der Waals surface area (Å²) in [5, 5.41) is 13.3. The van der Waals surface area contributed by atoms with Crippen molar-refractivity contribution in [1.82, 2.24) is 5.16 Å². The van der Waals surface area contributed by atoms with E-state index in [0.717, 1.165) is 43.6 Å². The van der Waals surface area contributed by atoms with Gasteiger partial charge >= 0.3 is 0 Å². The molecule has 1 fully saturated rings. The molecule has 90 valence electrons. The Morgan fingerprint density at radius 1 is 1.38 bits per heavy atom. The predicted molar refractivity (Wildman–Crippen MR) is 59.0 cm³/mol. The molecule has 1 N–H and O–H groups in total. The van der Waals surface area contributed by atoms with Crippen LogP contribution in [0.1, 0.15) is 42.7 Å². The second-order valence-corrected chi connectivity index (χ2v) is 4.49. The molecule has 0 bridgehead atoms. The van der Waals surface area contributed by atoms with Gasteiger partial charge < -0.3 is 14.4 Å². The van der Waals surface area contributed by atoms with Crippen LogP contribution in [0.5, 0.6) is 0 Å². The quantitative estimate of drug-likeness (QED) is 0.856. The van der Waals surface area contributed by atoms with Crippen LogP contribution in [0, 0.1) is 13.8 Å². The van der Waals surface area contributed by atoms with Crippen LogP contribution in [0.15, 0.2) is 4.52 Å². The third-order valence-corrected chi connectivity index (χ3v) is 3.22. The maximum atomic E-state index is 9.39. The van der Waals surface area contributed by atoms with Gasteiger partial charge in [-0.2, -0.15) is 0 Å². The smallest absolute Gasteiger partial charge is 0.154 e. The van der Waals surface area contributed by atoms with Gasteiger partial charge in [-0.25, -0.2) is 0 Å². The summed E-state index contributed by atoms with van der Waals surface area (Å²) in [7, 11) is 0. The van der Waals surface area contributed by atoms with E-state index in [4.69, 9.17) is 9.26 Å². The van der Waals surface area contributed by atoms with Crippen molar-refractivity contribution in [3.8, 4) is 0 Å². The number of aromatic nitrogens is 1. The van der Waals surface area contributed by atoms with Gasteiger partial charge in [0.2, 0.25) is 0 Å². The van der Waals surface area contributed by atoms with Crippen LogP contribution in [0.4, 0.5) is 0 Å². The maximum absolute atomic E-state index is 9.39. The van der Waals surface area contributed by atoms with E-state index in [2.05, 4.69) is 5.16 Å². The summed E-state index contributed by atoms with van der Waals surface area (Å²) >= 11 is 0. The number of rotatable bonds is 3. The average Bonchev–Trinajstić information content (AvgIpc) is 2.56. The number of ether oxygens (including phenoxy) is 1. The first-order chi connectivity index (χ1) is 7.66. The standard InChI is InChI=1S/C12H19NO3/c1-8-11(9(2)16-13-8)7-6-10-4-3-5-12(14)15-10/h10,12,14H,3-7H2,1-2H3. The summed E-state index contributed by atoms with van der Waals surface area (Å²) in [5.74, 6) is 0.897. The summed E-state index contributed by atoms with van der Waals surface area (Å²) in [4.78, 5) is 0. The Morgan fingerprint density at radius 2 is 2.19 bits per heavy atom. The first-order valence-corrected chi connectivity index (χ1v) is 5.92. The van der Waals surface area contributed by atoms with Crippen molar-refractivity contribution < 1.29 is 14.4 Å². The molecule has 2 unspecified atom stereocenters. The van der Waals surface area contributed by atoms with Crippen LogP contribution in [0.2, 0.25) is 0 Å². The highest BCUT2D eigenvalue weighted by Gasteiger charge is 2.21. The second-order valence-electron chi connectivity index (χ2n) is 4.49. The molecule has 1 aliphatic rings. The molecule has 0 aromatic carbocycles. The number of nitrogens with zero attached hydrogens (tertiary/aromatic N) is 1. The number of aliphatic hydroxyl groups is 1. The molecule has 2 heterocycles. The van der Waals surface area contributed by atoms with E-state index in [1.54, 1.807) is 0 Å². The van der Waals surface area contributed by atoms with Crippen LogP contribution >= 0.6 is 0 Å². The van der Waals surface area contributed by atoms with Gasteiger partial charge in [-0.05, 0) is 46.0 Å². The van der Waals surface area contributed by atoms with E-state index in [1.165, 1.54) is 5.56 Å². The van der Waals surface area contributed by atoms with Gasteiger partial charge in [-0.15, -0.1) is 0 Å². The molecule has 1 aromatic heterocycles. The van der Waals surface area contributed by atoms with Gasteiger partial charge in [0.1, 0.15) is 5.76 Å². The van der Waals surface area contributed by atoms with E-state index >= 15 is 0 Å². The van der Waals surface area contributed by atoms with Crippen molar-refractivity contribution in [2.45, 2.75) is 58.3 Å². The molecule has 2 rings (SSSR count). The van der Waals surface area contributed by atoms with Crippen molar-refractivity contribution in [2.24, 2.45) is 0 Å². The van der Waals surface area contributed by atoms with Gasteiger partial charge in [0.15, 0.2) is 6.29 Å². The Balaban J connectivity index is 1.87. The largest absolute Gasteiger partial charge is 0.368 e. The van der Waals surface area contributed by atoms with Gasteiger partial charge in [-0.1, -0.05) is 5.16 Å². The number of hydrogen-bond acceptors (Lipinski definition) is 4. The molecule has 0 aliphatic carbocycles. The van der Waals surface area contributed by atoms with E-state index in [1.807, 2.05) is 13.8 Å². The Labute approximate surface area is 95.6 Å². The lowest BCUT2D eigenvalue weighted by Gasteiger charge is -2.26. The molecule has 4 heteroatoms. The lowest BCUT2D eigenvalue weighted by atomic mass is 10.00. The molecular weight excluding hydrogens is 206 g/mol. The van der Waals surface area contributed by atoms with Gasteiger partial charge in [0.25, 0.3) is 0 Å². The second kappa shape index (κ2) is 4.97. The van der Waals surface area contributed by atoms with Crippen LogP contribution in [-0.2, 0) is 11.2 Å². The lowest BCUT2D eigenvalue weighted by molar-refractivity contribution is -0.163. The zero-order valence-electron chi connectivity index (χ0n) is 9.90. The highest BCUT2D eigenvalue weighted by molar-refractivity contribution is 5.20. The SMILES string of the molecule is Cc1noc(C)c1CCC1CCCC(O)O1. The molecule has 1 saturated heterocycles. The van der Waals surface area contributed by atoms with Crippen LogP contribution in [-0.4, -0.2) is 22.7 Å². The van der Waals surface area contributed by atoms with Gasteiger partial charge in [0.05, 0.1) is 11.8 Å². The fraction of sp³-hybridized carbons (Fsp3) is 0.750.